The molecule has 0 N–H and O–H groups in total. The van der Waals surface area contributed by atoms with Crippen LogP contribution in [-0.2, 0) is 6.18 Å². The van der Waals surface area contributed by atoms with E-state index >= 15 is 0 Å². The van der Waals surface area contributed by atoms with Crippen molar-refractivity contribution >= 4 is 16.7 Å². The van der Waals surface area contributed by atoms with Crippen molar-refractivity contribution in [3.63, 3.8) is 0 Å². The van der Waals surface area contributed by atoms with Crippen LogP contribution in [0.15, 0.2) is 24.4 Å². The molecule has 0 unspecified atom stereocenters. The summed E-state index contributed by atoms with van der Waals surface area (Å²) in [6.07, 6.45) is -3.04. The van der Waals surface area contributed by atoms with Crippen LogP contribution in [0.1, 0.15) is 35.8 Å². The number of carbonyl (C=O) groups excluding carboxylic acids is 1. The molecule has 6 heteroatoms. The van der Waals surface area contributed by atoms with Gasteiger partial charge in [0.25, 0.3) is 0 Å². The molecule has 0 saturated carbocycles. The van der Waals surface area contributed by atoms with Crippen molar-refractivity contribution < 1.29 is 22.4 Å². The first-order chi connectivity index (χ1) is 9.25. The number of nitrogens with zero attached hydrogens (tertiary/aromatic N) is 1. The van der Waals surface area contributed by atoms with Crippen molar-refractivity contribution in [2.24, 2.45) is 0 Å². The number of ketones is 1. The Balaban J connectivity index is 2.74. The molecule has 108 valence electrons. The van der Waals surface area contributed by atoms with Gasteiger partial charge in [0.15, 0.2) is 12.5 Å². The van der Waals surface area contributed by atoms with Crippen molar-refractivity contribution in [1.82, 2.24) is 4.57 Å². The summed E-state index contributed by atoms with van der Waals surface area (Å²) in [5.41, 5.74) is -0.388. The molecular formula is C14H13F4NO. The van der Waals surface area contributed by atoms with E-state index in [9.17, 15) is 22.4 Å². The third-order valence-corrected chi connectivity index (χ3v) is 3.14. The highest BCUT2D eigenvalue weighted by molar-refractivity contribution is 6.08. The predicted molar refractivity (Wildman–Crippen MR) is 67.6 cm³/mol. The van der Waals surface area contributed by atoms with Gasteiger partial charge < -0.3 is 4.57 Å². The van der Waals surface area contributed by atoms with Crippen LogP contribution >= 0.6 is 0 Å². The van der Waals surface area contributed by atoms with Gasteiger partial charge in [-0.25, -0.2) is 4.39 Å². The highest BCUT2D eigenvalue weighted by Gasteiger charge is 2.31. The zero-order valence-electron chi connectivity index (χ0n) is 11.0. The second-order valence-electron chi connectivity index (χ2n) is 4.83. The molecule has 0 bridgehead atoms. The molecule has 20 heavy (non-hydrogen) atoms. The molecule has 1 heterocycles. The fraction of sp³-hybridized carbons (Fsp3) is 0.357. The summed E-state index contributed by atoms with van der Waals surface area (Å²) in [5.74, 6) is -0.728. The van der Waals surface area contributed by atoms with Crippen LogP contribution in [0.5, 0.6) is 0 Å². The van der Waals surface area contributed by atoms with Gasteiger partial charge in [-0.1, -0.05) is 6.07 Å². The van der Waals surface area contributed by atoms with Crippen LogP contribution in [0.25, 0.3) is 10.9 Å². The number of alkyl halides is 4. The number of fused-ring (bicyclic) bond motifs is 1. The minimum absolute atomic E-state index is 0.116. The summed E-state index contributed by atoms with van der Waals surface area (Å²) in [6, 6.07) is 2.98. The van der Waals surface area contributed by atoms with Gasteiger partial charge in [0.05, 0.1) is 5.56 Å². The molecule has 1 aromatic heterocycles. The van der Waals surface area contributed by atoms with E-state index in [2.05, 4.69) is 0 Å². The molecule has 2 nitrogen and oxygen atoms in total. The summed E-state index contributed by atoms with van der Waals surface area (Å²) in [5, 5.41) is 0.342. The van der Waals surface area contributed by atoms with Crippen LogP contribution in [0.3, 0.4) is 0 Å². The molecule has 1 aromatic carbocycles. The van der Waals surface area contributed by atoms with E-state index in [4.69, 9.17) is 0 Å². The molecule has 2 rings (SSSR count). The molecule has 0 aliphatic rings. The first-order valence-electron chi connectivity index (χ1n) is 6.06. The first-order valence-corrected chi connectivity index (χ1v) is 6.06. The Bertz CT molecular complexity index is 655. The molecule has 0 amide bonds. The molecule has 0 saturated heterocycles. The molecule has 0 radical (unpaired) electrons. The molecule has 2 aromatic rings. The highest BCUT2D eigenvalue weighted by Crippen LogP contribution is 2.34. The molecule has 0 atom stereocenters. The van der Waals surface area contributed by atoms with Crippen LogP contribution in [0, 0.1) is 0 Å². The summed E-state index contributed by atoms with van der Waals surface area (Å²) >= 11 is 0. The van der Waals surface area contributed by atoms with Crippen molar-refractivity contribution in [3.05, 3.63) is 35.5 Å². The Hall–Kier alpha value is -1.85. The van der Waals surface area contributed by atoms with E-state index in [1.54, 1.807) is 18.4 Å². The fourth-order valence-corrected chi connectivity index (χ4v) is 2.15. The van der Waals surface area contributed by atoms with Gasteiger partial charge in [-0.3, -0.25) is 4.79 Å². The van der Waals surface area contributed by atoms with Crippen LogP contribution in [0.4, 0.5) is 17.6 Å². The highest BCUT2D eigenvalue weighted by atomic mass is 19.4. The lowest BCUT2D eigenvalue weighted by Gasteiger charge is -2.11. The molecule has 0 aliphatic heterocycles. The Labute approximate surface area is 113 Å². The average Bonchev–Trinajstić information content (AvgIpc) is 2.75. The Morgan fingerprint density at radius 1 is 1.30 bits per heavy atom. The van der Waals surface area contributed by atoms with E-state index < -0.39 is 24.2 Å². The average molecular weight is 287 g/mol. The van der Waals surface area contributed by atoms with Crippen LogP contribution < -0.4 is 0 Å². The standard InChI is InChI=1S/C14H13F4NO/c1-8(2)19-7-11(13(20)6-15)10-4-3-9(5-12(10)19)14(16,17)18/h3-5,7-8H,6H2,1-2H3. The zero-order chi connectivity index (χ0) is 15.1. The maximum atomic E-state index is 12.7. The SMILES string of the molecule is CC(C)n1cc(C(=O)CF)c2ccc(C(F)(F)F)cc21. The van der Waals surface area contributed by atoms with Crippen molar-refractivity contribution in [1.29, 1.82) is 0 Å². The lowest BCUT2D eigenvalue weighted by atomic mass is 10.1. The van der Waals surface area contributed by atoms with E-state index in [-0.39, 0.29) is 17.1 Å². The van der Waals surface area contributed by atoms with E-state index in [0.717, 1.165) is 12.1 Å². The number of rotatable bonds is 3. The van der Waals surface area contributed by atoms with Gasteiger partial charge in [-0.05, 0) is 26.0 Å². The predicted octanol–water partition coefficient (Wildman–Crippen LogP) is 4.39. The molecule has 0 aliphatic carbocycles. The third kappa shape index (κ3) is 2.42. The van der Waals surface area contributed by atoms with Crippen molar-refractivity contribution in [3.8, 4) is 0 Å². The summed E-state index contributed by atoms with van der Waals surface area (Å²) in [6.45, 7) is 2.39. The van der Waals surface area contributed by atoms with Gasteiger partial charge in [0.1, 0.15) is 0 Å². The fourth-order valence-electron chi connectivity index (χ4n) is 2.15. The number of Topliss-reactive ketones (excluding diaryl/α,β-unsaturated/α-hetero) is 1. The number of hydrogen-bond acceptors (Lipinski definition) is 1. The molecule has 0 spiro atoms. The van der Waals surface area contributed by atoms with Crippen LogP contribution in [0.2, 0.25) is 0 Å². The second-order valence-corrected chi connectivity index (χ2v) is 4.83. The summed E-state index contributed by atoms with van der Waals surface area (Å²) in [4.78, 5) is 11.5. The molecular weight excluding hydrogens is 274 g/mol. The number of halogens is 4. The monoisotopic (exact) mass is 287 g/mol. The zero-order valence-corrected chi connectivity index (χ0v) is 11.0. The number of hydrogen-bond donors (Lipinski definition) is 0. The topological polar surface area (TPSA) is 22.0 Å². The van der Waals surface area contributed by atoms with E-state index in [1.165, 1.54) is 12.3 Å². The van der Waals surface area contributed by atoms with Gasteiger partial charge in [0, 0.05) is 28.7 Å². The third-order valence-electron chi connectivity index (χ3n) is 3.14. The number of carbonyl (C=O) groups is 1. The van der Waals surface area contributed by atoms with Gasteiger partial charge in [-0.15, -0.1) is 0 Å². The molecule has 0 fully saturated rings. The Morgan fingerprint density at radius 2 is 1.95 bits per heavy atom. The maximum Gasteiger partial charge on any atom is 0.416 e. The van der Waals surface area contributed by atoms with Crippen LogP contribution in [-0.4, -0.2) is 17.0 Å². The first kappa shape index (κ1) is 14.6. The van der Waals surface area contributed by atoms with Crippen molar-refractivity contribution in [2.75, 3.05) is 6.67 Å². The van der Waals surface area contributed by atoms with Gasteiger partial charge in [-0.2, -0.15) is 13.2 Å². The second kappa shape index (κ2) is 4.92. The number of aromatic nitrogens is 1. The van der Waals surface area contributed by atoms with E-state index in [1.807, 2.05) is 0 Å². The lowest BCUT2D eigenvalue weighted by molar-refractivity contribution is -0.137. The summed E-state index contributed by atoms with van der Waals surface area (Å²) in [7, 11) is 0. The lowest BCUT2D eigenvalue weighted by Crippen LogP contribution is -2.05. The van der Waals surface area contributed by atoms with Gasteiger partial charge in [0.2, 0.25) is 0 Å². The minimum atomic E-state index is -4.45. The maximum absolute atomic E-state index is 12.7. The smallest absolute Gasteiger partial charge is 0.344 e. The Morgan fingerprint density at radius 3 is 2.45 bits per heavy atom. The normalized spacial score (nSPS) is 12.3. The minimum Gasteiger partial charge on any atom is -0.344 e. The van der Waals surface area contributed by atoms with E-state index in [0.29, 0.717) is 5.39 Å². The van der Waals surface area contributed by atoms with Gasteiger partial charge >= 0.3 is 6.18 Å². The summed E-state index contributed by atoms with van der Waals surface area (Å²) < 4.78 is 52.3. The number of benzene rings is 1. The largest absolute Gasteiger partial charge is 0.416 e. The Kier molecular flexibility index (Phi) is 3.58. The van der Waals surface area contributed by atoms with Crippen molar-refractivity contribution in [2.45, 2.75) is 26.1 Å². The quantitative estimate of drug-likeness (QED) is 0.606.